The van der Waals surface area contributed by atoms with Crippen LogP contribution < -0.4 is 10.7 Å². The Hall–Kier alpha value is -2.74. The molecule has 0 aliphatic carbocycles. The fraction of sp³-hybridized carbons (Fsp3) is 0.238. The number of carbonyl (C=O) groups is 1. The number of hydrogen-bond acceptors (Lipinski definition) is 4. The lowest BCUT2D eigenvalue weighted by atomic mass is 9.97. The zero-order valence-electron chi connectivity index (χ0n) is 15.2. The molecule has 2 aromatic carbocycles. The number of carboxylic acids is 1. The third-order valence-corrected chi connectivity index (χ3v) is 5.95. The lowest BCUT2D eigenvalue weighted by molar-refractivity contribution is -0.0217. The first-order valence-electron chi connectivity index (χ1n) is 9.16. The van der Waals surface area contributed by atoms with Gasteiger partial charge in [-0.25, -0.2) is 9.18 Å². The molecule has 2 aliphatic heterocycles. The molecule has 2 N–H and O–H groups in total. The minimum Gasteiger partial charge on any atom is -0.477 e. The molecule has 1 aromatic heterocycles. The molecule has 0 amide bonds. The average molecular weight is 415 g/mol. The highest BCUT2D eigenvalue weighted by molar-refractivity contribution is 6.38. The summed E-state index contributed by atoms with van der Waals surface area (Å²) in [5, 5.41) is 12.7. The van der Waals surface area contributed by atoms with E-state index in [1.165, 1.54) is 6.20 Å². The van der Waals surface area contributed by atoms with Crippen LogP contribution in [0.25, 0.3) is 22.0 Å². The van der Waals surface area contributed by atoms with Gasteiger partial charge in [-0.05, 0) is 28.8 Å². The molecule has 148 valence electrons. The summed E-state index contributed by atoms with van der Waals surface area (Å²) >= 11 is 6.66. The molecule has 5 rings (SSSR count). The van der Waals surface area contributed by atoms with Crippen molar-refractivity contribution in [1.82, 2.24) is 9.88 Å². The number of aromatic carboxylic acids is 1. The van der Waals surface area contributed by atoms with Crippen molar-refractivity contribution >= 4 is 28.5 Å². The Balaban J connectivity index is 1.82. The third kappa shape index (κ3) is 2.77. The summed E-state index contributed by atoms with van der Waals surface area (Å²) in [7, 11) is 0. The first-order chi connectivity index (χ1) is 14.0. The summed E-state index contributed by atoms with van der Waals surface area (Å²) < 4.78 is 22.0. The maximum absolute atomic E-state index is 15.1. The number of ether oxygens (including phenoxy) is 1. The van der Waals surface area contributed by atoms with E-state index in [4.69, 9.17) is 16.3 Å². The minimum absolute atomic E-state index is 0.0501. The fourth-order valence-corrected chi connectivity index (χ4v) is 4.38. The van der Waals surface area contributed by atoms with Crippen molar-refractivity contribution in [1.29, 1.82) is 0 Å². The van der Waals surface area contributed by atoms with Gasteiger partial charge in [-0.3, -0.25) is 4.79 Å². The first kappa shape index (κ1) is 18.3. The molecule has 1 fully saturated rings. The molecule has 0 radical (unpaired) electrons. The number of fused-ring (bicyclic) bond motifs is 2. The Morgan fingerprint density at radius 3 is 2.69 bits per heavy atom. The molecule has 3 aromatic rings. The van der Waals surface area contributed by atoms with Gasteiger partial charge in [-0.2, -0.15) is 0 Å². The van der Waals surface area contributed by atoms with Crippen LogP contribution in [0.3, 0.4) is 0 Å². The molecule has 0 atom stereocenters. The van der Waals surface area contributed by atoms with E-state index in [1.54, 1.807) is 4.57 Å². The van der Waals surface area contributed by atoms with Crippen molar-refractivity contribution in [3.8, 4) is 11.1 Å². The first-order valence-corrected chi connectivity index (χ1v) is 9.54. The Morgan fingerprint density at radius 1 is 1.24 bits per heavy atom. The van der Waals surface area contributed by atoms with Gasteiger partial charge < -0.3 is 19.7 Å². The second-order valence-corrected chi connectivity index (χ2v) is 7.68. The molecule has 0 unspecified atom stereocenters. The zero-order valence-corrected chi connectivity index (χ0v) is 15.9. The Bertz CT molecular complexity index is 1250. The van der Waals surface area contributed by atoms with Crippen LogP contribution in [0.1, 0.15) is 27.5 Å². The highest BCUT2D eigenvalue weighted by atomic mass is 35.5. The van der Waals surface area contributed by atoms with E-state index in [0.29, 0.717) is 30.8 Å². The van der Waals surface area contributed by atoms with E-state index in [0.717, 1.165) is 23.7 Å². The van der Waals surface area contributed by atoms with Crippen molar-refractivity contribution in [2.45, 2.75) is 19.1 Å². The van der Waals surface area contributed by atoms with Gasteiger partial charge in [0.2, 0.25) is 5.43 Å². The van der Waals surface area contributed by atoms with Crippen LogP contribution in [0.5, 0.6) is 0 Å². The topological polar surface area (TPSA) is 80.6 Å². The van der Waals surface area contributed by atoms with E-state index in [2.05, 4.69) is 5.32 Å². The second kappa shape index (κ2) is 6.66. The Labute approximate surface area is 169 Å². The van der Waals surface area contributed by atoms with Gasteiger partial charge in [-0.15, -0.1) is 0 Å². The summed E-state index contributed by atoms with van der Waals surface area (Å²) in [6.07, 6.45) is 1.28. The lowest BCUT2D eigenvalue weighted by Crippen LogP contribution is -2.33. The Kier molecular flexibility index (Phi) is 4.20. The molecule has 0 saturated carbocycles. The summed E-state index contributed by atoms with van der Waals surface area (Å²) in [5.74, 6) is -2.03. The summed E-state index contributed by atoms with van der Waals surface area (Å²) in [6, 6.07) is 6.56. The van der Waals surface area contributed by atoms with Crippen LogP contribution in [0.2, 0.25) is 5.02 Å². The van der Waals surface area contributed by atoms with Crippen molar-refractivity contribution in [2.24, 2.45) is 0 Å². The summed E-state index contributed by atoms with van der Waals surface area (Å²) in [5.41, 5.74) is 2.19. The fourth-order valence-electron chi connectivity index (χ4n) is 3.98. The Morgan fingerprint density at radius 2 is 2.00 bits per heavy atom. The van der Waals surface area contributed by atoms with Crippen LogP contribution in [-0.4, -0.2) is 28.9 Å². The van der Waals surface area contributed by atoms with Gasteiger partial charge in [0.05, 0.1) is 35.2 Å². The SMILES string of the molecule is O=C(O)c1cn(C2COC2)c2c(Cl)c(-c3ccc4c(c3)CNC4)c(F)cc2c1=O. The maximum Gasteiger partial charge on any atom is 0.341 e. The monoisotopic (exact) mass is 414 g/mol. The van der Waals surface area contributed by atoms with Gasteiger partial charge in [-0.1, -0.05) is 23.7 Å². The number of nitrogens with one attached hydrogen (secondary N) is 1. The van der Waals surface area contributed by atoms with Gasteiger partial charge in [0, 0.05) is 24.8 Å². The van der Waals surface area contributed by atoms with E-state index >= 15 is 4.39 Å². The van der Waals surface area contributed by atoms with E-state index in [9.17, 15) is 14.7 Å². The van der Waals surface area contributed by atoms with E-state index < -0.39 is 22.8 Å². The number of halogens is 2. The zero-order chi connectivity index (χ0) is 20.3. The molecular weight excluding hydrogens is 399 g/mol. The number of pyridine rings is 1. The average Bonchev–Trinajstić information content (AvgIpc) is 3.10. The van der Waals surface area contributed by atoms with E-state index in [1.807, 2.05) is 18.2 Å². The normalized spacial score (nSPS) is 16.1. The number of nitrogens with zero attached hydrogens (tertiary/aromatic N) is 1. The largest absolute Gasteiger partial charge is 0.477 e. The predicted molar refractivity (Wildman–Crippen MR) is 106 cm³/mol. The number of benzene rings is 2. The predicted octanol–water partition coefficient (Wildman–Crippen LogP) is 3.33. The number of carboxylic acid groups (broad SMARTS) is 1. The molecular formula is C21H16ClFN2O4. The van der Waals surface area contributed by atoms with Crippen LogP contribution in [0.15, 0.2) is 35.3 Å². The number of aromatic nitrogens is 1. The van der Waals surface area contributed by atoms with Crippen molar-refractivity contribution in [3.63, 3.8) is 0 Å². The molecule has 2 aliphatic rings. The quantitative estimate of drug-likeness (QED) is 0.687. The lowest BCUT2D eigenvalue weighted by Gasteiger charge is -2.31. The molecule has 0 bridgehead atoms. The molecule has 29 heavy (non-hydrogen) atoms. The van der Waals surface area contributed by atoms with E-state index in [-0.39, 0.29) is 22.0 Å². The maximum atomic E-state index is 15.1. The summed E-state index contributed by atoms with van der Waals surface area (Å²) in [4.78, 5) is 24.2. The van der Waals surface area contributed by atoms with Crippen molar-refractivity contribution in [3.05, 3.63) is 68.2 Å². The van der Waals surface area contributed by atoms with Crippen LogP contribution in [-0.2, 0) is 17.8 Å². The standard InChI is InChI=1S/C21H16ClFN2O4/c22-18-17(10-1-2-11-5-24-6-12(11)3-10)16(23)4-14-19(18)25(13-8-29-9-13)7-15(20(14)26)21(27)28/h1-4,7,13,24H,5-6,8-9H2,(H,27,28). The number of rotatable bonds is 3. The second-order valence-electron chi connectivity index (χ2n) is 7.31. The van der Waals surface area contributed by atoms with Gasteiger partial charge in [0.15, 0.2) is 0 Å². The highest BCUT2D eigenvalue weighted by Gasteiger charge is 2.28. The third-order valence-electron chi connectivity index (χ3n) is 5.58. The van der Waals surface area contributed by atoms with Gasteiger partial charge in [0.1, 0.15) is 11.4 Å². The minimum atomic E-state index is -1.36. The van der Waals surface area contributed by atoms with Crippen molar-refractivity contribution in [2.75, 3.05) is 13.2 Å². The van der Waals surface area contributed by atoms with Crippen LogP contribution in [0.4, 0.5) is 4.39 Å². The molecule has 3 heterocycles. The van der Waals surface area contributed by atoms with Gasteiger partial charge in [0.25, 0.3) is 0 Å². The molecule has 6 nitrogen and oxygen atoms in total. The van der Waals surface area contributed by atoms with Crippen LogP contribution >= 0.6 is 11.6 Å². The van der Waals surface area contributed by atoms with Gasteiger partial charge >= 0.3 is 5.97 Å². The highest BCUT2D eigenvalue weighted by Crippen LogP contribution is 2.38. The molecule has 8 heteroatoms. The smallest absolute Gasteiger partial charge is 0.341 e. The molecule has 1 saturated heterocycles. The number of hydrogen-bond donors (Lipinski definition) is 2. The van der Waals surface area contributed by atoms with Crippen molar-refractivity contribution < 1.29 is 19.0 Å². The summed E-state index contributed by atoms with van der Waals surface area (Å²) in [6.45, 7) is 2.19. The van der Waals surface area contributed by atoms with Crippen LogP contribution in [0, 0.1) is 5.82 Å². The molecule has 0 spiro atoms.